The Labute approximate surface area is 117 Å². The molecule has 1 fully saturated rings. The van der Waals surface area contributed by atoms with Crippen LogP contribution in [0.4, 0.5) is 0 Å². The van der Waals surface area contributed by atoms with Gasteiger partial charge in [0.2, 0.25) is 5.91 Å². The lowest BCUT2D eigenvalue weighted by Gasteiger charge is -2.42. The summed E-state index contributed by atoms with van der Waals surface area (Å²) in [6, 6.07) is 0.331. The van der Waals surface area contributed by atoms with Crippen molar-refractivity contribution in [1.82, 2.24) is 4.90 Å². The highest BCUT2D eigenvalue weighted by molar-refractivity contribution is 5.77. The van der Waals surface area contributed by atoms with Crippen LogP contribution in [-0.4, -0.2) is 43.7 Å². The molecule has 0 aromatic rings. The smallest absolute Gasteiger partial charge is 0.223 e. The first kappa shape index (κ1) is 16.4. The summed E-state index contributed by atoms with van der Waals surface area (Å²) < 4.78 is 5.14. The maximum Gasteiger partial charge on any atom is 0.223 e. The Balaban J connectivity index is 2.64. The lowest BCUT2D eigenvalue weighted by Crippen LogP contribution is -2.47. The molecular weight excluding hydrogens is 240 g/mol. The second-order valence-corrected chi connectivity index (χ2v) is 5.78. The second-order valence-electron chi connectivity index (χ2n) is 5.78. The molecule has 0 aliphatic heterocycles. The van der Waals surface area contributed by atoms with Crippen molar-refractivity contribution in [3.8, 4) is 0 Å². The van der Waals surface area contributed by atoms with Crippen LogP contribution in [0.25, 0.3) is 0 Å². The van der Waals surface area contributed by atoms with Gasteiger partial charge in [-0.1, -0.05) is 20.3 Å². The molecule has 4 heteroatoms. The van der Waals surface area contributed by atoms with Gasteiger partial charge in [-0.05, 0) is 37.6 Å². The molecule has 19 heavy (non-hydrogen) atoms. The van der Waals surface area contributed by atoms with Gasteiger partial charge >= 0.3 is 0 Å². The van der Waals surface area contributed by atoms with Crippen LogP contribution in [0.1, 0.15) is 52.4 Å². The highest BCUT2D eigenvalue weighted by Gasteiger charge is 2.39. The average molecular weight is 270 g/mol. The predicted octanol–water partition coefficient (Wildman–Crippen LogP) is 2.17. The largest absolute Gasteiger partial charge is 0.383 e. The third-order valence-corrected chi connectivity index (χ3v) is 4.61. The standard InChI is InChI=1S/C15H30N2O2/c1-4-13(5-2)17(9-10-19-3)14(18)11-15(12-16)7-6-8-15/h13H,4-12,16H2,1-3H3. The summed E-state index contributed by atoms with van der Waals surface area (Å²) in [5, 5.41) is 0. The monoisotopic (exact) mass is 270 g/mol. The summed E-state index contributed by atoms with van der Waals surface area (Å²) in [6.45, 7) is 6.23. The molecule has 1 saturated carbocycles. The molecule has 0 aromatic carbocycles. The number of ether oxygens (including phenoxy) is 1. The second kappa shape index (κ2) is 7.85. The molecule has 0 bridgehead atoms. The van der Waals surface area contributed by atoms with E-state index in [0.717, 1.165) is 25.7 Å². The Kier molecular flexibility index (Phi) is 6.80. The normalized spacial score (nSPS) is 17.3. The minimum Gasteiger partial charge on any atom is -0.383 e. The van der Waals surface area contributed by atoms with Gasteiger partial charge in [0.1, 0.15) is 0 Å². The van der Waals surface area contributed by atoms with Crippen molar-refractivity contribution in [2.24, 2.45) is 11.1 Å². The molecule has 0 atom stereocenters. The molecule has 4 nitrogen and oxygen atoms in total. The van der Waals surface area contributed by atoms with Gasteiger partial charge in [-0.2, -0.15) is 0 Å². The molecule has 0 unspecified atom stereocenters. The zero-order valence-electron chi connectivity index (χ0n) is 12.8. The van der Waals surface area contributed by atoms with Crippen LogP contribution in [0.5, 0.6) is 0 Å². The van der Waals surface area contributed by atoms with Crippen molar-refractivity contribution < 1.29 is 9.53 Å². The third-order valence-electron chi connectivity index (χ3n) is 4.61. The van der Waals surface area contributed by atoms with E-state index in [4.69, 9.17) is 10.5 Å². The van der Waals surface area contributed by atoms with Crippen molar-refractivity contribution in [3.63, 3.8) is 0 Å². The fourth-order valence-corrected chi connectivity index (χ4v) is 2.98. The van der Waals surface area contributed by atoms with Crippen LogP contribution in [0.15, 0.2) is 0 Å². The van der Waals surface area contributed by atoms with E-state index in [1.54, 1.807) is 7.11 Å². The molecule has 0 radical (unpaired) electrons. The van der Waals surface area contributed by atoms with E-state index in [9.17, 15) is 4.79 Å². The molecule has 2 N–H and O–H groups in total. The molecule has 112 valence electrons. The van der Waals surface area contributed by atoms with Crippen molar-refractivity contribution in [1.29, 1.82) is 0 Å². The number of nitrogens with two attached hydrogens (primary N) is 1. The lowest BCUT2D eigenvalue weighted by atomic mass is 9.66. The summed E-state index contributed by atoms with van der Waals surface area (Å²) >= 11 is 0. The Morgan fingerprint density at radius 2 is 2.00 bits per heavy atom. The Hall–Kier alpha value is -0.610. The highest BCUT2D eigenvalue weighted by Crippen LogP contribution is 2.43. The molecule has 1 rings (SSSR count). The maximum absolute atomic E-state index is 12.6. The third kappa shape index (κ3) is 4.18. The zero-order chi connectivity index (χ0) is 14.3. The molecule has 1 aliphatic rings. The number of carbonyl (C=O) groups is 1. The maximum atomic E-state index is 12.6. The number of amides is 1. The van der Waals surface area contributed by atoms with Gasteiger partial charge < -0.3 is 15.4 Å². The molecule has 1 aliphatic carbocycles. The van der Waals surface area contributed by atoms with Crippen LogP contribution >= 0.6 is 0 Å². The van der Waals surface area contributed by atoms with Crippen LogP contribution < -0.4 is 5.73 Å². The predicted molar refractivity (Wildman–Crippen MR) is 77.9 cm³/mol. The number of hydrogen-bond donors (Lipinski definition) is 1. The van der Waals surface area contributed by atoms with Gasteiger partial charge in [0.25, 0.3) is 0 Å². The van der Waals surface area contributed by atoms with Gasteiger partial charge in [-0.15, -0.1) is 0 Å². The van der Waals surface area contributed by atoms with Crippen LogP contribution in [0.3, 0.4) is 0 Å². The Bertz CT molecular complexity index is 268. The minimum absolute atomic E-state index is 0.0917. The summed E-state index contributed by atoms with van der Waals surface area (Å²) in [6.07, 6.45) is 6.05. The number of rotatable bonds is 9. The molecule has 0 spiro atoms. The molecule has 0 saturated heterocycles. The van der Waals surface area contributed by atoms with E-state index in [1.165, 1.54) is 6.42 Å². The minimum atomic E-state index is 0.0917. The van der Waals surface area contributed by atoms with E-state index < -0.39 is 0 Å². The molecule has 1 amide bonds. The average Bonchev–Trinajstić information content (AvgIpc) is 2.38. The van der Waals surface area contributed by atoms with Crippen LogP contribution in [0, 0.1) is 5.41 Å². The fraction of sp³-hybridized carbons (Fsp3) is 0.933. The van der Waals surface area contributed by atoms with Crippen molar-refractivity contribution in [2.75, 3.05) is 26.8 Å². The summed E-state index contributed by atoms with van der Waals surface area (Å²) in [4.78, 5) is 14.6. The van der Waals surface area contributed by atoms with Gasteiger partial charge in [0, 0.05) is 26.1 Å². The van der Waals surface area contributed by atoms with Crippen molar-refractivity contribution in [3.05, 3.63) is 0 Å². The first-order valence-electron chi connectivity index (χ1n) is 7.61. The SMILES string of the molecule is CCC(CC)N(CCOC)C(=O)CC1(CN)CCC1. The van der Waals surface area contributed by atoms with E-state index in [2.05, 4.69) is 13.8 Å². The summed E-state index contributed by atoms with van der Waals surface area (Å²) in [5.74, 6) is 0.260. The van der Waals surface area contributed by atoms with Gasteiger partial charge in [-0.25, -0.2) is 0 Å². The zero-order valence-corrected chi connectivity index (χ0v) is 12.8. The van der Waals surface area contributed by atoms with E-state index in [1.807, 2.05) is 4.90 Å². The lowest BCUT2D eigenvalue weighted by molar-refractivity contribution is -0.138. The van der Waals surface area contributed by atoms with Gasteiger partial charge in [0.05, 0.1) is 6.61 Å². The molecule has 0 aromatic heterocycles. The molecule has 0 heterocycles. The van der Waals surface area contributed by atoms with Crippen molar-refractivity contribution in [2.45, 2.75) is 58.4 Å². The summed E-state index contributed by atoms with van der Waals surface area (Å²) in [5.41, 5.74) is 5.95. The number of nitrogens with zero attached hydrogens (tertiary/aromatic N) is 1. The Morgan fingerprint density at radius 1 is 1.37 bits per heavy atom. The fourth-order valence-electron chi connectivity index (χ4n) is 2.98. The highest BCUT2D eigenvalue weighted by atomic mass is 16.5. The summed E-state index contributed by atoms with van der Waals surface area (Å²) in [7, 11) is 1.68. The first-order valence-corrected chi connectivity index (χ1v) is 7.61. The van der Waals surface area contributed by atoms with Crippen molar-refractivity contribution >= 4 is 5.91 Å². The topological polar surface area (TPSA) is 55.6 Å². The number of hydrogen-bond acceptors (Lipinski definition) is 3. The Morgan fingerprint density at radius 3 is 2.37 bits per heavy atom. The van der Waals surface area contributed by atoms with Gasteiger partial charge in [-0.3, -0.25) is 4.79 Å². The van der Waals surface area contributed by atoms with Crippen LogP contribution in [-0.2, 0) is 9.53 Å². The molecular formula is C15H30N2O2. The van der Waals surface area contributed by atoms with E-state index in [0.29, 0.717) is 32.2 Å². The quantitative estimate of drug-likeness (QED) is 0.698. The van der Waals surface area contributed by atoms with Gasteiger partial charge in [0.15, 0.2) is 0 Å². The number of methoxy groups -OCH3 is 1. The van der Waals surface area contributed by atoms with Crippen LogP contribution in [0.2, 0.25) is 0 Å². The van der Waals surface area contributed by atoms with E-state index >= 15 is 0 Å². The first-order chi connectivity index (χ1) is 9.12. The number of carbonyl (C=O) groups excluding carboxylic acids is 1. The van der Waals surface area contributed by atoms with E-state index in [-0.39, 0.29) is 11.3 Å².